The van der Waals surface area contributed by atoms with Crippen LogP contribution in [0.4, 0.5) is 4.79 Å². The van der Waals surface area contributed by atoms with Crippen LogP contribution in [0.25, 0.3) is 10.8 Å². The van der Waals surface area contributed by atoms with Gasteiger partial charge in [-0.15, -0.1) is 0 Å². The van der Waals surface area contributed by atoms with E-state index in [2.05, 4.69) is 55.1 Å². The standard InChI is InChI=1S/C26H35NO4/c1-18(2)20-5-8-23(9-6-20)30-25-10-7-21-15-19(3-4-22(21)16-25)17-27-13-11-24(12-14-27)31-26(28)29/h3-4,7,10,15-16,18,20,23-24H,5-6,8-9,11-14,17H2,1-2H3,(H,28,29). The predicted molar refractivity (Wildman–Crippen MR) is 123 cm³/mol. The van der Waals surface area contributed by atoms with Gasteiger partial charge in [-0.25, -0.2) is 4.79 Å². The summed E-state index contributed by atoms with van der Waals surface area (Å²) in [6.45, 7) is 7.27. The van der Waals surface area contributed by atoms with Crippen molar-refractivity contribution in [1.82, 2.24) is 4.90 Å². The number of nitrogens with zero attached hydrogens (tertiary/aromatic N) is 1. The summed E-state index contributed by atoms with van der Waals surface area (Å²) in [6.07, 6.45) is 5.42. The number of hydrogen-bond acceptors (Lipinski definition) is 4. The first-order chi connectivity index (χ1) is 15.0. The summed E-state index contributed by atoms with van der Waals surface area (Å²) in [6, 6.07) is 13.1. The molecular weight excluding hydrogens is 390 g/mol. The topological polar surface area (TPSA) is 59.0 Å². The molecule has 0 unspecified atom stereocenters. The van der Waals surface area contributed by atoms with Crippen molar-refractivity contribution in [1.29, 1.82) is 0 Å². The maximum Gasteiger partial charge on any atom is 0.506 e. The van der Waals surface area contributed by atoms with Crippen LogP contribution in [0.5, 0.6) is 5.75 Å². The van der Waals surface area contributed by atoms with Crippen LogP contribution in [0.2, 0.25) is 0 Å². The van der Waals surface area contributed by atoms with Crippen molar-refractivity contribution in [2.24, 2.45) is 11.8 Å². The van der Waals surface area contributed by atoms with E-state index in [9.17, 15) is 4.79 Å². The summed E-state index contributed by atoms with van der Waals surface area (Å²) in [4.78, 5) is 13.1. The minimum absolute atomic E-state index is 0.163. The number of carbonyl (C=O) groups is 1. The molecule has 2 aromatic rings. The van der Waals surface area contributed by atoms with Gasteiger partial charge in [0.1, 0.15) is 11.9 Å². The summed E-state index contributed by atoms with van der Waals surface area (Å²) in [5, 5.41) is 11.2. The molecule has 5 nitrogen and oxygen atoms in total. The first kappa shape index (κ1) is 21.9. The Morgan fingerprint density at radius 2 is 1.65 bits per heavy atom. The highest BCUT2D eigenvalue weighted by atomic mass is 16.7. The lowest BCUT2D eigenvalue weighted by molar-refractivity contribution is 0.0185. The predicted octanol–water partition coefficient (Wildman–Crippen LogP) is 6.09. The molecule has 0 atom stereocenters. The molecule has 0 aromatic heterocycles. The molecule has 4 rings (SSSR count). The second-order valence-corrected chi connectivity index (χ2v) is 9.60. The number of rotatable bonds is 6. The number of fused-ring (bicyclic) bond motifs is 1. The minimum atomic E-state index is -1.17. The molecule has 0 radical (unpaired) electrons. The van der Waals surface area contributed by atoms with Crippen molar-refractivity contribution in [3.05, 3.63) is 42.0 Å². The molecule has 0 bridgehead atoms. The second kappa shape index (κ2) is 9.90. The number of hydrogen-bond donors (Lipinski definition) is 1. The van der Waals surface area contributed by atoms with E-state index < -0.39 is 6.16 Å². The third kappa shape index (κ3) is 5.91. The van der Waals surface area contributed by atoms with Gasteiger partial charge in [0.05, 0.1) is 6.10 Å². The fraction of sp³-hybridized carbons (Fsp3) is 0.577. The summed E-state index contributed by atoms with van der Waals surface area (Å²) >= 11 is 0. The van der Waals surface area contributed by atoms with Crippen molar-refractivity contribution in [2.75, 3.05) is 13.1 Å². The molecule has 0 amide bonds. The van der Waals surface area contributed by atoms with Crippen LogP contribution in [-0.4, -0.2) is 41.5 Å². The van der Waals surface area contributed by atoms with Crippen molar-refractivity contribution < 1.29 is 19.4 Å². The number of benzene rings is 2. The van der Waals surface area contributed by atoms with Crippen molar-refractivity contribution >= 4 is 16.9 Å². The van der Waals surface area contributed by atoms with Gasteiger partial charge in [0.2, 0.25) is 0 Å². The molecule has 168 valence electrons. The Morgan fingerprint density at radius 3 is 2.32 bits per heavy atom. The van der Waals surface area contributed by atoms with E-state index in [0.29, 0.717) is 6.10 Å². The van der Waals surface area contributed by atoms with Gasteiger partial charge in [0.15, 0.2) is 0 Å². The second-order valence-electron chi connectivity index (χ2n) is 9.60. The Morgan fingerprint density at radius 1 is 0.968 bits per heavy atom. The zero-order valence-electron chi connectivity index (χ0n) is 18.8. The smallest absolute Gasteiger partial charge is 0.490 e. The summed E-state index contributed by atoms with van der Waals surface area (Å²) < 4.78 is 11.2. The molecule has 5 heteroatoms. The summed E-state index contributed by atoms with van der Waals surface area (Å²) in [5.74, 6) is 2.61. The van der Waals surface area contributed by atoms with E-state index in [1.54, 1.807) is 0 Å². The zero-order chi connectivity index (χ0) is 21.8. The quantitative estimate of drug-likeness (QED) is 0.567. The molecule has 2 aliphatic rings. The van der Waals surface area contributed by atoms with E-state index in [-0.39, 0.29) is 6.10 Å². The van der Waals surface area contributed by atoms with Gasteiger partial charge >= 0.3 is 6.16 Å². The molecular formula is C26H35NO4. The molecule has 1 heterocycles. The molecule has 1 aliphatic carbocycles. The van der Waals surface area contributed by atoms with Crippen LogP contribution in [0, 0.1) is 11.8 Å². The number of likely N-dealkylation sites (tertiary alicyclic amines) is 1. The SMILES string of the molecule is CC(C)C1CCC(Oc2ccc3cc(CN4CCC(OC(=O)O)CC4)ccc3c2)CC1. The van der Waals surface area contributed by atoms with E-state index in [1.807, 2.05) is 0 Å². The maximum absolute atomic E-state index is 10.7. The van der Waals surface area contributed by atoms with E-state index >= 15 is 0 Å². The lowest BCUT2D eigenvalue weighted by Gasteiger charge is -2.31. The summed E-state index contributed by atoms with van der Waals surface area (Å²) in [5.41, 5.74) is 1.28. The Bertz CT molecular complexity index is 880. The van der Waals surface area contributed by atoms with Crippen LogP contribution in [-0.2, 0) is 11.3 Å². The Balaban J connectivity index is 1.32. The monoisotopic (exact) mass is 425 g/mol. The lowest BCUT2D eigenvalue weighted by Crippen LogP contribution is -2.37. The van der Waals surface area contributed by atoms with E-state index in [0.717, 1.165) is 62.9 Å². The molecule has 1 saturated carbocycles. The van der Waals surface area contributed by atoms with Gasteiger partial charge in [0.25, 0.3) is 0 Å². The van der Waals surface area contributed by atoms with Gasteiger partial charge in [-0.1, -0.05) is 32.0 Å². The van der Waals surface area contributed by atoms with Crippen LogP contribution in [0.15, 0.2) is 36.4 Å². The van der Waals surface area contributed by atoms with Gasteiger partial charge < -0.3 is 14.6 Å². The first-order valence-corrected chi connectivity index (χ1v) is 11.8. The highest BCUT2D eigenvalue weighted by molar-refractivity contribution is 5.84. The van der Waals surface area contributed by atoms with Crippen molar-refractivity contribution in [3.63, 3.8) is 0 Å². The Hall–Kier alpha value is -2.27. The average Bonchev–Trinajstić information content (AvgIpc) is 2.75. The maximum atomic E-state index is 10.7. The van der Waals surface area contributed by atoms with E-state index in [1.165, 1.54) is 29.2 Å². The minimum Gasteiger partial charge on any atom is -0.490 e. The van der Waals surface area contributed by atoms with Crippen LogP contribution >= 0.6 is 0 Å². The van der Waals surface area contributed by atoms with Gasteiger partial charge in [-0.2, -0.15) is 0 Å². The first-order valence-electron chi connectivity index (χ1n) is 11.8. The number of carboxylic acid groups (broad SMARTS) is 1. The third-order valence-electron chi connectivity index (χ3n) is 7.05. The largest absolute Gasteiger partial charge is 0.506 e. The van der Waals surface area contributed by atoms with Crippen LogP contribution < -0.4 is 4.74 Å². The van der Waals surface area contributed by atoms with Crippen LogP contribution in [0.3, 0.4) is 0 Å². The number of piperidine rings is 1. The fourth-order valence-electron chi connectivity index (χ4n) is 5.10. The molecule has 2 fully saturated rings. The fourth-order valence-corrected chi connectivity index (χ4v) is 5.10. The highest BCUT2D eigenvalue weighted by Crippen LogP contribution is 2.33. The lowest BCUT2D eigenvalue weighted by atomic mass is 9.80. The molecule has 2 aromatic carbocycles. The number of ether oxygens (including phenoxy) is 2. The average molecular weight is 426 g/mol. The zero-order valence-corrected chi connectivity index (χ0v) is 18.8. The van der Waals surface area contributed by atoms with Gasteiger partial charge in [0, 0.05) is 19.6 Å². The highest BCUT2D eigenvalue weighted by Gasteiger charge is 2.24. The van der Waals surface area contributed by atoms with Gasteiger partial charge in [-0.3, -0.25) is 4.90 Å². The van der Waals surface area contributed by atoms with E-state index in [4.69, 9.17) is 14.6 Å². The van der Waals surface area contributed by atoms with Gasteiger partial charge in [-0.05, 0) is 84.9 Å². The molecule has 1 N–H and O–H groups in total. The summed E-state index contributed by atoms with van der Waals surface area (Å²) in [7, 11) is 0. The van der Waals surface area contributed by atoms with Crippen molar-refractivity contribution in [2.45, 2.75) is 71.1 Å². The molecule has 1 saturated heterocycles. The molecule has 0 spiro atoms. The molecule has 31 heavy (non-hydrogen) atoms. The van der Waals surface area contributed by atoms with Crippen LogP contribution in [0.1, 0.15) is 57.9 Å². The Kier molecular flexibility index (Phi) is 7.01. The van der Waals surface area contributed by atoms with Crippen molar-refractivity contribution in [3.8, 4) is 5.75 Å². The normalized spacial score (nSPS) is 23.2. The third-order valence-corrected chi connectivity index (χ3v) is 7.05. The molecule has 1 aliphatic heterocycles. The Labute approximate surface area is 185 Å².